The average Bonchev–Trinajstić information content (AvgIpc) is 2.47. The zero-order chi connectivity index (χ0) is 15.3. The normalized spacial score (nSPS) is 11.5. The SMILES string of the molecule is Cc1ccc(Br)cc1S(=O)(=O)NCCCc1ccccc1. The van der Waals surface area contributed by atoms with Crippen molar-refractivity contribution in [3.63, 3.8) is 0 Å². The number of halogens is 1. The van der Waals surface area contributed by atoms with Crippen molar-refractivity contribution in [2.45, 2.75) is 24.7 Å². The second-order valence-corrected chi connectivity index (χ2v) is 7.55. The van der Waals surface area contributed by atoms with Gasteiger partial charge in [0.25, 0.3) is 0 Å². The van der Waals surface area contributed by atoms with Gasteiger partial charge in [-0.15, -0.1) is 0 Å². The summed E-state index contributed by atoms with van der Waals surface area (Å²) in [7, 11) is -3.45. The van der Waals surface area contributed by atoms with Crippen LogP contribution in [0.25, 0.3) is 0 Å². The van der Waals surface area contributed by atoms with E-state index >= 15 is 0 Å². The minimum absolute atomic E-state index is 0.330. The maximum Gasteiger partial charge on any atom is 0.240 e. The summed E-state index contributed by atoms with van der Waals surface area (Å²) in [6.45, 7) is 2.23. The van der Waals surface area contributed by atoms with Crippen molar-refractivity contribution in [2.75, 3.05) is 6.54 Å². The third kappa shape index (κ3) is 4.66. The first-order chi connectivity index (χ1) is 9.99. The van der Waals surface area contributed by atoms with Crippen molar-refractivity contribution in [2.24, 2.45) is 0 Å². The van der Waals surface area contributed by atoms with Gasteiger partial charge in [-0.05, 0) is 43.0 Å². The molecule has 0 heterocycles. The summed E-state index contributed by atoms with van der Waals surface area (Å²) in [4.78, 5) is 0.330. The molecule has 0 bridgehead atoms. The highest BCUT2D eigenvalue weighted by molar-refractivity contribution is 9.10. The number of rotatable bonds is 6. The van der Waals surface area contributed by atoms with Crippen LogP contribution < -0.4 is 4.72 Å². The van der Waals surface area contributed by atoms with Crippen molar-refractivity contribution in [3.05, 3.63) is 64.1 Å². The highest BCUT2D eigenvalue weighted by Crippen LogP contribution is 2.20. The first-order valence-corrected chi connectivity index (χ1v) is 9.06. The first-order valence-electron chi connectivity index (χ1n) is 6.79. The lowest BCUT2D eigenvalue weighted by molar-refractivity contribution is 0.578. The molecule has 0 aliphatic heterocycles. The van der Waals surface area contributed by atoms with Gasteiger partial charge in [0.05, 0.1) is 4.90 Å². The Morgan fingerprint density at radius 3 is 2.52 bits per heavy atom. The minimum atomic E-state index is -3.45. The van der Waals surface area contributed by atoms with Crippen molar-refractivity contribution in [1.82, 2.24) is 4.72 Å². The van der Waals surface area contributed by atoms with Crippen LogP contribution in [-0.4, -0.2) is 15.0 Å². The van der Waals surface area contributed by atoms with E-state index < -0.39 is 10.0 Å². The Labute approximate surface area is 134 Å². The van der Waals surface area contributed by atoms with E-state index in [2.05, 4.69) is 20.7 Å². The van der Waals surface area contributed by atoms with Gasteiger partial charge in [-0.1, -0.05) is 52.3 Å². The topological polar surface area (TPSA) is 46.2 Å². The molecule has 0 radical (unpaired) electrons. The maximum absolute atomic E-state index is 12.3. The summed E-state index contributed by atoms with van der Waals surface area (Å²) in [5.41, 5.74) is 1.96. The number of hydrogen-bond acceptors (Lipinski definition) is 2. The highest BCUT2D eigenvalue weighted by Gasteiger charge is 2.16. The Morgan fingerprint density at radius 2 is 1.81 bits per heavy atom. The van der Waals surface area contributed by atoms with E-state index in [0.29, 0.717) is 11.4 Å². The van der Waals surface area contributed by atoms with E-state index in [9.17, 15) is 8.42 Å². The number of sulfonamides is 1. The monoisotopic (exact) mass is 367 g/mol. The van der Waals surface area contributed by atoms with Crippen LogP contribution in [0.1, 0.15) is 17.5 Å². The molecule has 0 saturated carbocycles. The molecular weight excluding hydrogens is 350 g/mol. The van der Waals surface area contributed by atoms with Crippen LogP contribution in [0.15, 0.2) is 57.9 Å². The molecule has 5 heteroatoms. The molecule has 0 aliphatic carbocycles. The molecule has 0 aliphatic rings. The van der Waals surface area contributed by atoms with Crippen LogP contribution in [0, 0.1) is 6.92 Å². The van der Waals surface area contributed by atoms with E-state index in [0.717, 1.165) is 22.9 Å². The van der Waals surface area contributed by atoms with E-state index in [1.165, 1.54) is 5.56 Å². The molecule has 2 aromatic rings. The first kappa shape index (κ1) is 16.2. The summed E-state index contributed by atoms with van der Waals surface area (Å²) < 4.78 is 28.0. The van der Waals surface area contributed by atoms with Gasteiger partial charge in [-0.3, -0.25) is 0 Å². The Balaban J connectivity index is 1.94. The highest BCUT2D eigenvalue weighted by atomic mass is 79.9. The second-order valence-electron chi connectivity index (χ2n) is 4.90. The fourth-order valence-electron chi connectivity index (χ4n) is 2.08. The molecular formula is C16H18BrNO2S. The van der Waals surface area contributed by atoms with Crippen LogP contribution in [0.3, 0.4) is 0 Å². The molecule has 3 nitrogen and oxygen atoms in total. The van der Waals surface area contributed by atoms with Crippen LogP contribution in [0.2, 0.25) is 0 Å². The average molecular weight is 368 g/mol. The van der Waals surface area contributed by atoms with Crippen molar-refractivity contribution >= 4 is 26.0 Å². The molecule has 0 aromatic heterocycles. The third-order valence-electron chi connectivity index (χ3n) is 3.22. The van der Waals surface area contributed by atoms with Crippen LogP contribution in [-0.2, 0) is 16.4 Å². The molecule has 2 aromatic carbocycles. The number of nitrogens with one attached hydrogen (secondary N) is 1. The lowest BCUT2D eigenvalue weighted by Crippen LogP contribution is -2.25. The van der Waals surface area contributed by atoms with Gasteiger partial charge in [-0.2, -0.15) is 0 Å². The number of aryl methyl sites for hydroxylation is 2. The van der Waals surface area contributed by atoms with Gasteiger partial charge in [0.2, 0.25) is 10.0 Å². The van der Waals surface area contributed by atoms with Crippen LogP contribution in [0.4, 0.5) is 0 Å². The zero-order valence-corrected chi connectivity index (χ0v) is 14.2. The molecule has 0 spiro atoms. The van der Waals surface area contributed by atoms with Gasteiger partial charge in [-0.25, -0.2) is 13.1 Å². The smallest absolute Gasteiger partial charge is 0.211 e. The minimum Gasteiger partial charge on any atom is -0.211 e. The number of benzene rings is 2. The summed E-state index contributed by atoms with van der Waals surface area (Å²) in [6, 6.07) is 15.3. The van der Waals surface area contributed by atoms with E-state index in [1.54, 1.807) is 19.1 Å². The van der Waals surface area contributed by atoms with Gasteiger partial charge in [0.15, 0.2) is 0 Å². The molecule has 0 saturated heterocycles. The molecule has 21 heavy (non-hydrogen) atoms. The van der Waals surface area contributed by atoms with Crippen LogP contribution >= 0.6 is 15.9 Å². The molecule has 0 fully saturated rings. The lowest BCUT2D eigenvalue weighted by Gasteiger charge is -2.09. The Kier molecular flexibility index (Phi) is 5.56. The molecule has 0 atom stereocenters. The quantitative estimate of drug-likeness (QED) is 0.791. The van der Waals surface area contributed by atoms with E-state index in [4.69, 9.17) is 0 Å². The number of hydrogen-bond donors (Lipinski definition) is 1. The van der Waals surface area contributed by atoms with Gasteiger partial charge < -0.3 is 0 Å². The predicted octanol–water partition coefficient (Wildman–Crippen LogP) is 3.67. The molecule has 1 N–H and O–H groups in total. The Hall–Kier alpha value is -1.17. The molecule has 0 amide bonds. The molecule has 2 rings (SSSR count). The second kappa shape index (κ2) is 7.20. The molecule has 0 unspecified atom stereocenters. The largest absolute Gasteiger partial charge is 0.240 e. The van der Waals surface area contributed by atoms with Gasteiger partial charge >= 0.3 is 0 Å². The summed E-state index contributed by atoms with van der Waals surface area (Å²) in [6.07, 6.45) is 1.64. The zero-order valence-electron chi connectivity index (χ0n) is 11.8. The van der Waals surface area contributed by atoms with Gasteiger partial charge in [0, 0.05) is 11.0 Å². The maximum atomic E-state index is 12.3. The van der Waals surface area contributed by atoms with Crippen molar-refractivity contribution in [1.29, 1.82) is 0 Å². The fourth-order valence-corrected chi connectivity index (χ4v) is 3.94. The fraction of sp³-hybridized carbons (Fsp3) is 0.250. The standard InChI is InChI=1S/C16H18BrNO2S/c1-13-9-10-15(17)12-16(13)21(19,20)18-11-5-8-14-6-3-2-4-7-14/h2-4,6-7,9-10,12,18H,5,8,11H2,1H3. The third-order valence-corrected chi connectivity index (χ3v) is 5.31. The Bertz CT molecular complexity index is 699. The Morgan fingerprint density at radius 1 is 1.10 bits per heavy atom. The molecule has 112 valence electrons. The summed E-state index contributed by atoms with van der Waals surface area (Å²) in [5.74, 6) is 0. The van der Waals surface area contributed by atoms with E-state index in [1.807, 2.05) is 36.4 Å². The lowest BCUT2D eigenvalue weighted by atomic mass is 10.1. The predicted molar refractivity (Wildman–Crippen MR) is 88.8 cm³/mol. The van der Waals surface area contributed by atoms with Crippen molar-refractivity contribution < 1.29 is 8.42 Å². The van der Waals surface area contributed by atoms with Crippen LogP contribution in [0.5, 0.6) is 0 Å². The van der Waals surface area contributed by atoms with E-state index in [-0.39, 0.29) is 0 Å². The summed E-state index contributed by atoms with van der Waals surface area (Å²) >= 11 is 3.31. The summed E-state index contributed by atoms with van der Waals surface area (Å²) in [5, 5.41) is 0. The van der Waals surface area contributed by atoms with Crippen molar-refractivity contribution in [3.8, 4) is 0 Å². The van der Waals surface area contributed by atoms with Gasteiger partial charge in [0.1, 0.15) is 0 Å².